The van der Waals surface area contributed by atoms with Gasteiger partial charge in [0.05, 0.1) is 6.54 Å². The highest BCUT2D eigenvalue weighted by molar-refractivity contribution is 5.94. The smallest absolute Gasteiger partial charge is 0.410 e. The molecule has 2 fully saturated rings. The fraction of sp³-hybridized carbons (Fsp3) is 0.765. The Labute approximate surface area is 152 Å². The summed E-state index contributed by atoms with van der Waals surface area (Å²) in [6, 6.07) is 0. The van der Waals surface area contributed by atoms with Gasteiger partial charge in [0.25, 0.3) is 0 Å². The van der Waals surface area contributed by atoms with Gasteiger partial charge < -0.3 is 24.5 Å². The number of likely N-dealkylation sites (tertiary alicyclic amines) is 1. The van der Waals surface area contributed by atoms with Crippen molar-refractivity contribution in [3.05, 3.63) is 0 Å². The second kappa shape index (κ2) is 7.92. The van der Waals surface area contributed by atoms with E-state index in [4.69, 9.17) is 9.84 Å². The van der Waals surface area contributed by atoms with E-state index < -0.39 is 18.1 Å². The van der Waals surface area contributed by atoms with E-state index in [1.54, 1.807) is 4.90 Å². The first-order valence-corrected chi connectivity index (χ1v) is 8.80. The van der Waals surface area contributed by atoms with Crippen molar-refractivity contribution in [1.29, 1.82) is 0 Å². The predicted molar refractivity (Wildman–Crippen MR) is 91.3 cm³/mol. The molecule has 9 nitrogen and oxygen atoms in total. The van der Waals surface area contributed by atoms with Crippen molar-refractivity contribution >= 4 is 23.9 Å². The fourth-order valence-corrected chi connectivity index (χ4v) is 3.11. The summed E-state index contributed by atoms with van der Waals surface area (Å²) in [4.78, 5) is 51.2. The van der Waals surface area contributed by atoms with Gasteiger partial charge in [0.2, 0.25) is 11.8 Å². The topological polar surface area (TPSA) is 107 Å². The zero-order valence-corrected chi connectivity index (χ0v) is 15.6. The number of rotatable bonds is 4. The molecule has 146 valence electrons. The zero-order chi connectivity index (χ0) is 19.5. The molecule has 0 bridgehead atoms. The lowest BCUT2D eigenvalue weighted by atomic mass is 9.96. The summed E-state index contributed by atoms with van der Waals surface area (Å²) in [7, 11) is 0. The fourth-order valence-electron chi connectivity index (χ4n) is 3.11. The third-order valence-corrected chi connectivity index (χ3v) is 4.43. The van der Waals surface area contributed by atoms with Gasteiger partial charge in [0.15, 0.2) is 0 Å². The molecule has 2 rings (SSSR count). The largest absolute Gasteiger partial charge is 0.480 e. The van der Waals surface area contributed by atoms with Crippen LogP contribution in [0.4, 0.5) is 4.79 Å². The molecule has 0 aliphatic carbocycles. The molecule has 2 heterocycles. The molecule has 0 aromatic rings. The number of nitrogens with zero attached hydrogens (tertiary/aromatic N) is 3. The molecule has 2 aliphatic heterocycles. The summed E-state index contributed by atoms with van der Waals surface area (Å²) in [6.07, 6.45) is 1.14. The van der Waals surface area contributed by atoms with Crippen molar-refractivity contribution in [2.45, 2.75) is 39.2 Å². The molecule has 0 spiro atoms. The van der Waals surface area contributed by atoms with Crippen LogP contribution in [0.2, 0.25) is 0 Å². The quantitative estimate of drug-likeness (QED) is 0.768. The zero-order valence-electron chi connectivity index (χ0n) is 15.6. The molecule has 0 radical (unpaired) electrons. The number of piperazine rings is 1. The van der Waals surface area contributed by atoms with Gasteiger partial charge in [-0.25, -0.2) is 4.79 Å². The lowest BCUT2D eigenvalue weighted by Gasteiger charge is -2.38. The molecule has 0 unspecified atom stereocenters. The molecular weight excluding hydrogens is 342 g/mol. The summed E-state index contributed by atoms with van der Waals surface area (Å²) >= 11 is 0. The van der Waals surface area contributed by atoms with Crippen LogP contribution >= 0.6 is 0 Å². The van der Waals surface area contributed by atoms with E-state index in [0.29, 0.717) is 19.6 Å². The number of amides is 3. The minimum atomic E-state index is -1.13. The van der Waals surface area contributed by atoms with Crippen molar-refractivity contribution in [3.63, 3.8) is 0 Å². The van der Waals surface area contributed by atoms with Crippen LogP contribution in [0.5, 0.6) is 0 Å². The maximum atomic E-state index is 12.2. The second-order valence-corrected chi connectivity index (χ2v) is 7.83. The number of carbonyl (C=O) groups excluding carboxylic acids is 3. The van der Waals surface area contributed by atoms with Crippen LogP contribution in [0.1, 0.15) is 33.6 Å². The molecule has 0 saturated carbocycles. The Kier molecular flexibility index (Phi) is 6.09. The van der Waals surface area contributed by atoms with Gasteiger partial charge in [-0.1, -0.05) is 0 Å². The minimum Gasteiger partial charge on any atom is -0.480 e. The monoisotopic (exact) mass is 369 g/mol. The summed E-state index contributed by atoms with van der Waals surface area (Å²) in [5.74, 6) is -1.51. The van der Waals surface area contributed by atoms with Crippen molar-refractivity contribution in [3.8, 4) is 0 Å². The normalized spacial score (nSPS) is 19.7. The first kappa shape index (κ1) is 20.0. The van der Waals surface area contributed by atoms with Gasteiger partial charge >= 0.3 is 12.1 Å². The number of aliphatic carboxylic acids is 1. The highest BCUT2D eigenvalue weighted by atomic mass is 16.6. The van der Waals surface area contributed by atoms with Crippen molar-refractivity contribution in [2.24, 2.45) is 5.92 Å². The van der Waals surface area contributed by atoms with Crippen molar-refractivity contribution in [2.75, 3.05) is 39.3 Å². The third-order valence-electron chi connectivity index (χ3n) is 4.43. The molecule has 2 saturated heterocycles. The van der Waals surface area contributed by atoms with Crippen LogP contribution in [0.15, 0.2) is 0 Å². The van der Waals surface area contributed by atoms with Gasteiger partial charge in [-0.3, -0.25) is 14.4 Å². The van der Waals surface area contributed by atoms with Crippen molar-refractivity contribution < 1.29 is 29.0 Å². The summed E-state index contributed by atoms with van der Waals surface area (Å²) in [5, 5.41) is 8.78. The van der Waals surface area contributed by atoms with Gasteiger partial charge in [-0.05, 0) is 39.5 Å². The first-order valence-electron chi connectivity index (χ1n) is 8.80. The average Bonchev–Trinajstić information content (AvgIpc) is 2.50. The Morgan fingerprint density at radius 2 is 1.62 bits per heavy atom. The Morgan fingerprint density at radius 1 is 1.08 bits per heavy atom. The summed E-state index contributed by atoms with van der Waals surface area (Å²) < 4.78 is 5.36. The third kappa shape index (κ3) is 5.60. The van der Waals surface area contributed by atoms with E-state index >= 15 is 0 Å². The number of hydrogen-bond acceptors (Lipinski definition) is 5. The molecule has 2 aliphatic rings. The van der Waals surface area contributed by atoms with E-state index in [1.807, 2.05) is 20.8 Å². The van der Waals surface area contributed by atoms with Crippen LogP contribution in [-0.2, 0) is 19.1 Å². The minimum absolute atomic E-state index is 0.0849. The van der Waals surface area contributed by atoms with E-state index in [9.17, 15) is 19.2 Å². The molecular formula is C17H27N3O6. The molecule has 0 aromatic carbocycles. The molecule has 9 heteroatoms. The summed E-state index contributed by atoms with van der Waals surface area (Å²) in [5.41, 5.74) is -0.531. The predicted octanol–water partition coefficient (Wildman–Crippen LogP) is 0.389. The van der Waals surface area contributed by atoms with Gasteiger partial charge in [0, 0.05) is 19.6 Å². The summed E-state index contributed by atoms with van der Waals surface area (Å²) in [6.45, 7) is 6.31. The Balaban J connectivity index is 1.81. The first-order chi connectivity index (χ1) is 12.0. The van der Waals surface area contributed by atoms with Gasteiger partial charge in [0.1, 0.15) is 18.7 Å². The van der Waals surface area contributed by atoms with E-state index in [2.05, 4.69) is 0 Å². The van der Waals surface area contributed by atoms with E-state index in [0.717, 1.165) is 17.7 Å². The van der Waals surface area contributed by atoms with Crippen LogP contribution in [-0.4, -0.2) is 88.6 Å². The van der Waals surface area contributed by atoms with Gasteiger partial charge in [-0.15, -0.1) is 0 Å². The average molecular weight is 369 g/mol. The van der Waals surface area contributed by atoms with Gasteiger partial charge in [-0.2, -0.15) is 0 Å². The molecule has 3 amide bonds. The lowest BCUT2D eigenvalue weighted by molar-refractivity contribution is -0.154. The van der Waals surface area contributed by atoms with Crippen LogP contribution < -0.4 is 0 Å². The van der Waals surface area contributed by atoms with E-state index in [1.165, 1.54) is 4.90 Å². The maximum Gasteiger partial charge on any atom is 0.410 e. The highest BCUT2D eigenvalue weighted by Gasteiger charge is 2.34. The number of carboxylic acid groups (broad SMARTS) is 1. The number of ether oxygens (including phenoxy) is 1. The van der Waals surface area contributed by atoms with E-state index in [-0.39, 0.29) is 36.9 Å². The Bertz CT molecular complexity index is 578. The molecule has 1 N–H and O–H groups in total. The molecule has 0 aromatic heterocycles. The van der Waals surface area contributed by atoms with Crippen LogP contribution in [0, 0.1) is 5.92 Å². The lowest BCUT2D eigenvalue weighted by Crippen LogP contribution is -2.56. The van der Waals surface area contributed by atoms with Crippen LogP contribution in [0.3, 0.4) is 0 Å². The molecule has 26 heavy (non-hydrogen) atoms. The van der Waals surface area contributed by atoms with Crippen LogP contribution in [0.25, 0.3) is 0 Å². The number of hydrogen-bond donors (Lipinski definition) is 1. The number of carbonyl (C=O) groups is 4. The SMILES string of the molecule is CC(C)(C)OC(=O)N1CCC(CN2CC(=O)N(CC(=O)O)CC2=O)CC1. The molecule has 0 atom stereocenters. The maximum absolute atomic E-state index is 12.2. The highest BCUT2D eigenvalue weighted by Crippen LogP contribution is 2.21. The number of piperidine rings is 1. The Hall–Kier alpha value is -2.32. The number of carboxylic acids is 1. The van der Waals surface area contributed by atoms with Crippen molar-refractivity contribution in [1.82, 2.24) is 14.7 Å². The standard InChI is InChI=1S/C17H27N3O6/c1-17(2,3)26-16(25)18-6-4-12(5-7-18)8-19-9-14(22)20(10-13(19)21)11-15(23)24/h12H,4-11H2,1-3H3,(H,23,24). The second-order valence-electron chi connectivity index (χ2n) is 7.83. The Morgan fingerprint density at radius 3 is 2.15 bits per heavy atom.